The van der Waals surface area contributed by atoms with Crippen molar-refractivity contribution in [3.05, 3.63) is 78.6 Å². The quantitative estimate of drug-likeness (QED) is 0.339. The Morgan fingerprint density at radius 3 is 2.50 bits per heavy atom. The lowest BCUT2D eigenvalue weighted by Crippen LogP contribution is -2.28. The molecule has 32 heavy (non-hydrogen) atoms. The Labute approximate surface area is 192 Å². The highest BCUT2D eigenvalue weighted by Crippen LogP contribution is 2.31. The summed E-state index contributed by atoms with van der Waals surface area (Å²) in [4.78, 5) is 12.5. The number of hydrogen-bond acceptors (Lipinski definition) is 6. The SMILES string of the molecule is C=CCn1c(SCC(=O)NC(C)c2ccccc2)nnc1C(C)Oc1ccccc1OC. The highest BCUT2D eigenvalue weighted by Gasteiger charge is 2.21. The first kappa shape index (κ1) is 23.4. The largest absolute Gasteiger partial charge is 0.493 e. The van der Waals surface area contributed by atoms with Crippen LogP contribution in [-0.4, -0.2) is 33.5 Å². The van der Waals surface area contributed by atoms with Crippen molar-refractivity contribution in [1.82, 2.24) is 20.1 Å². The van der Waals surface area contributed by atoms with Gasteiger partial charge in [0.05, 0.1) is 18.9 Å². The zero-order chi connectivity index (χ0) is 22.9. The van der Waals surface area contributed by atoms with Gasteiger partial charge < -0.3 is 14.8 Å². The van der Waals surface area contributed by atoms with Gasteiger partial charge in [-0.1, -0.05) is 60.3 Å². The van der Waals surface area contributed by atoms with Crippen molar-refractivity contribution in [2.75, 3.05) is 12.9 Å². The lowest BCUT2D eigenvalue weighted by atomic mass is 10.1. The Kier molecular flexibility index (Phi) is 8.33. The fraction of sp³-hybridized carbons (Fsp3) is 0.292. The Balaban J connectivity index is 1.66. The maximum atomic E-state index is 12.5. The summed E-state index contributed by atoms with van der Waals surface area (Å²) in [6.07, 6.45) is 1.39. The van der Waals surface area contributed by atoms with Crippen LogP contribution in [0.15, 0.2) is 72.4 Å². The predicted molar refractivity (Wildman–Crippen MR) is 126 cm³/mol. The summed E-state index contributed by atoms with van der Waals surface area (Å²) < 4.78 is 13.3. The van der Waals surface area contributed by atoms with Gasteiger partial charge in [0, 0.05) is 6.54 Å². The van der Waals surface area contributed by atoms with Gasteiger partial charge in [-0.25, -0.2) is 0 Å². The number of carbonyl (C=O) groups is 1. The molecule has 0 fully saturated rings. The van der Waals surface area contributed by atoms with Crippen molar-refractivity contribution >= 4 is 17.7 Å². The van der Waals surface area contributed by atoms with Gasteiger partial charge in [-0.2, -0.15) is 0 Å². The van der Waals surface area contributed by atoms with Crippen LogP contribution in [0.3, 0.4) is 0 Å². The summed E-state index contributed by atoms with van der Waals surface area (Å²) in [5, 5.41) is 12.3. The van der Waals surface area contributed by atoms with Crippen LogP contribution in [0.4, 0.5) is 0 Å². The Morgan fingerprint density at radius 2 is 1.81 bits per heavy atom. The highest BCUT2D eigenvalue weighted by atomic mass is 32.2. The number of nitrogens with one attached hydrogen (secondary N) is 1. The second-order valence-electron chi connectivity index (χ2n) is 7.14. The number of ether oxygens (including phenoxy) is 2. The minimum atomic E-state index is -0.375. The highest BCUT2D eigenvalue weighted by molar-refractivity contribution is 7.99. The first-order valence-corrected chi connectivity index (χ1v) is 11.3. The average molecular weight is 453 g/mol. The molecule has 2 atom stereocenters. The summed E-state index contributed by atoms with van der Waals surface area (Å²) >= 11 is 1.33. The third-order valence-corrected chi connectivity index (χ3v) is 5.77. The number of allylic oxidation sites excluding steroid dienone is 1. The first-order chi connectivity index (χ1) is 15.5. The van der Waals surface area contributed by atoms with Crippen molar-refractivity contribution in [2.45, 2.75) is 37.7 Å². The zero-order valence-electron chi connectivity index (χ0n) is 18.5. The van der Waals surface area contributed by atoms with E-state index < -0.39 is 0 Å². The molecule has 7 nitrogen and oxygen atoms in total. The molecular weight excluding hydrogens is 424 g/mol. The van der Waals surface area contributed by atoms with Gasteiger partial charge in [-0.3, -0.25) is 9.36 Å². The maximum absolute atomic E-state index is 12.5. The average Bonchev–Trinajstić information content (AvgIpc) is 3.21. The van der Waals surface area contributed by atoms with Crippen LogP contribution in [0.5, 0.6) is 11.5 Å². The van der Waals surface area contributed by atoms with E-state index >= 15 is 0 Å². The molecule has 8 heteroatoms. The van der Waals surface area contributed by atoms with Crippen molar-refractivity contribution in [2.24, 2.45) is 0 Å². The molecule has 0 aliphatic heterocycles. The van der Waals surface area contributed by atoms with E-state index in [0.717, 1.165) is 5.56 Å². The topological polar surface area (TPSA) is 78.3 Å². The molecule has 0 spiro atoms. The summed E-state index contributed by atoms with van der Waals surface area (Å²) in [5.74, 6) is 2.08. The number of nitrogens with zero attached hydrogens (tertiary/aromatic N) is 3. The number of aromatic nitrogens is 3. The van der Waals surface area contributed by atoms with E-state index in [4.69, 9.17) is 9.47 Å². The van der Waals surface area contributed by atoms with E-state index in [1.54, 1.807) is 13.2 Å². The van der Waals surface area contributed by atoms with Crippen molar-refractivity contribution in [3.8, 4) is 11.5 Å². The molecule has 0 aliphatic rings. The fourth-order valence-corrected chi connectivity index (χ4v) is 3.97. The molecular formula is C24H28N4O3S. The monoisotopic (exact) mass is 452 g/mol. The van der Waals surface area contributed by atoms with E-state index in [1.807, 2.05) is 73.0 Å². The smallest absolute Gasteiger partial charge is 0.230 e. The van der Waals surface area contributed by atoms with Crippen LogP contribution in [-0.2, 0) is 11.3 Å². The van der Waals surface area contributed by atoms with Gasteiger partial charge in [0.25, 0.3) is 0 Å². The standard InChI is InChI=1S/C24H28N4O3S/c1-5-15-28-23(18(3)31-21-14-10-9-13-20(21)30-4)26-27-24(28)32-16-22(29)25-17(2)19-11-7-6-8-12-19/h5-14,17-18H,1,15-16H2,2-4H3,(H,25,29). The van der Waals surface area contributed by atoms with Gasteiger partial charge in [0.2, 0.25) is 5.91 Å². The number of para-hydroxylation sites is 2. The van der Waals surface area contributed by atoms with Crippen LogP contribution in [0.25, 0.3) is 0 Å². The minimum absolute atomic E-state index is 0.0693. The van der Waals surface area contributed by atoms with Crippen molar-refractivity contribution in [1.29, 1.82) is 0 Å². The van der Waals surface area contributed by atoms with Gasteiger partial charge in [-0.15, -0.1) is 16.8 Å². The maximum Gasteiger partial charge on any atom is 0.230 e. The molecule has 2 aromatic carbocycles. The molecule has 1 N–H and O–H groups in total. The molecule has 3 aromatic rings. The van der Waals surface area contributed by atoms with E-state index in [0.29, 0.717) is 29.0 Å². The van der Waals surface area contributed by atoms with Crippen molar-refractivity contribution in [3.63, 3.8) is 0 Å². The first-order valence-electron chi connectivity index (χ1n) is 10.3. The van der Waals surface area contributed by atoms with Gasteiger partial charge in [0.15, 0.2) is 28.6 Å². The number of rotatable bonds is 11. The predicted octanol–water partition coefficient (Wildman–Crippen LogP) is 4.58. The Hall–Kier alpha value is -3.26. The number of amides is 1. The number of thioether (sulfide) groups is 1. The summed E-state index contributed by atoms with van der Waals surface area (Å²) in [7, 11) is 1.60. The summed E-state index contributed by atoms with van der Waals surface area (Å²) in [6.45, 7) is 8.20. The number of hydrogen-bond donors (Lipinski definition) is 1. The lowest BCUT2D eigenvalue weighted by Gasteiger charge is -2.17. The van der Waals surface area contributed by atoms with Crippen LogP contribution < -0.4 is 14.8 Å². The molecule has 1 aromatic heterocycles. The summed E-state index contributed by atoms with van der Waals surface area (Å²) in [6, 6.07) is 17.2. The third kappa shape index (κ3) is 5.91. The molecule has 3 rings (SSSR count). The van der Waals surface area contributed by atoms with Gasteiger partial charge in [0.1, 0.15) is 0 Å². The minimum Gasteiger partial charge on any atom is -0.493 e. The van der Waals surface area contributed by atoms with E-state index in [-0.39, 0.29) is 23.8 Å². The van der Waals surface area contributed by atoms with Crippen LogP contribution >= 0.6 is 11.8 Å². The molecule has 0 saturated carbocycles. The molecule has 168 valence electrons. The fourth-order valence-electron chi connectivity index (χ4n) is 3.21. The van der Waals surface area contributed by atoms with Gasteiger partial charge in [-0.05, 0) is 31.5 Å². The molecule has 2 unspecified atom stereocenters. The van der Waals surface area contributed by atoms with Crippen LogP contribution in [0.2, 0.25) is 0 Å². The van der Waals surface area contributed by atoms with Gasteiger partial charge >= 0.3 is 0 Å². The van der Waals surface area contributed by atoms with E-state index in [9.17, 15) is 4.79 Å². The Bertz CT molecular complexity index is 1040. The molecule has 0 aliphatic carbocycles. The number of methoxy groups -OCH3 is 1. The zero-order valence-corrected chi connectivity index (χ0v) is 19.3. The van der Waals surface area contributed by atoms with Crippen LogP contribution in [0.1, 0.15) is 37.4 Å². The Morgan fingerprint density at radius 1 is 1.12 bits per heavy atom. The summed E-state index contributed by atoms with van der Waals surface area (Å²) in [5.41, 5.74) is 1.06. The van der Waals surface area contributed by atoms with E-state index in [1.165, 1.54) is 11.8 Å². The second kappa shape index (κ2) is 11.4. The molecule has 0 bridgehead atoms. The van der Waals surface area contributed by atoms with E-state index in [2.05, 4.69) is 22.1 Å². The number of carbonyl (C=O) groups excluding carboxylic acids is 1. The lowest BCUT2D eigenvalue weighted by molar-refractivity contribution is -0.119. The molecule has 1 heterocycles. The third-order valence-electron chi connectivity index (χ3n) is 4.80. The molecule has 0 radical (unpaired) electrons. The van der Waals surface area contributed by atoms with Crippen LogP contribution in [0, 0.1) is 0 Å². The van der Waals surface area contributed by atoms with Crippen molar-refractivity contribution < 1.29 is 14.3 Å². The molecule has 1 amide bonds. The number of benzene rings is 2. The normalized spacial score (nSPS) is 12.6. The second-order valence-corrected chi connectivity index (χ2v) is 8.08. The molecule has 0 saturated heterocycles.